The van der Waals surface area contributed by atoms with Crippen LogP contribution in [-0.2, 0) is 11.8 Å². The Morgan fingerprint density at radius 2 is 1.88 bits per heavy atom. The van der Waals surface area contributed by atoms with Crippen molar-refractivity contribution < 1.29 is 0 Å². The third kappa shape index (κ3) is 1.43. The fraction of sp³-hybridized carbons (Fsp3) is 0.538. The third-order valence-corrected chi connectivity index (χ3v) is 4.33. The fourth-order valence-corrected chi connectivity index (χ4v) is 3.32. The van der Waals surface area contributed by atoms with Crippen molar-refractivity contribution in [2.24, 2.45) is 5.84 Å². The van der Waals surface area contributed by atoms with Gasteiger partial charge in [-0.15, -0.1) is 0 Å². The first kappa shape index (κ1) is 10.1. The van der Waals surface area contributed by atoms with E-state index in [1.54, 1.807) is 0 Å². The van der Waals surface area contributed by atoms with Crippen molar-refractivity contribution in [2.45, 2.75) is 31.1 Å². The molecule has 1 heterocycles. The molecule has 86 valence electrons. The van der Waals surface area contributed by atoms with Crippen LogP contribution in [-0.4, -0.2) is 18.1 Å². The monoisotopic (exact) mass is 217 g/mol. The minimum absolute atomic E-state index is 0.402. The van der Waals surface area contributed by atoms with Gasteiger partial charge < -0.3 is 5.73 Å². The normalized spacial score (nSPS) is 23.6. The van der Waals surface area contributed by atoms with Gasteiger partial charge in [0, 0.05) is 18.8 Å². The summed E-state index contributed by atoms with van der Waals surface area (Å²) in [6, 6.07) is 6.43. The van der Waals surface area contributed by atoms with E-state index in [0.717, 1.165) is 18.8 Å². The van der Waals surface area contributed by atoms with Crippen LogP contribution in [0.3, 0.4) is 0 Å². The van der Waals surface area contributed by atoms with Gasteiger partial charge in [0.2, 0.25) is 0 Å². The summed E-state index contributed by atoms with van der Waals surface area (Å²) in [6.07, 6.45) is 4.85. The van der Waals surface area contributed by atoms with E-state index in [0.29, 0.717) is 5.41 Å². The van der Waals surface area contributed by atoms with Gasteiger partial charge in [-0.2, -0.15) is 0 Å². The van der Waals surface area contributed by atoms with Crippen molar-refractivity contribution in [1.29, 1.82) is 0 Å². The van der Waals surface area contributed by atoms with Crippen molar-refractivity contribution in [3.8, 4) is 0 Å². The highest BCUT2D eigenvalue weighted by atomic mass is 15.4. The quantitative estimate of drug-likeness (QED) is 0.510. The van der Waals surface area contributed by atoms with Gasteiger partial charge in [0.1, 0.15) is 0 Å². The van der Waals surface area contributed by atoms with Crippen molar-refractivity contribution >= 4 is 5.69 Å². The summed E-state index contributed by atoms with van der Waals surface area (Å²) >= 11 is 0. The Labute approximate surface area is 96.4 Å². The molecular formula is C13H19N3. The Balaban J connectivity index is 1.96. The van der Waals surface area contributed by atoms with E-state index in [4.69, 9.17) is 11.6 Å². The maximum absolute atomic E-state index is 5.84. The number of piperidine rings is 1. The fourth-order valence-electron chi connectivity index (χ4n) is 3.32. The topological polar surface area (TPSA) is 55.3 Å². The molecule has 16 heavy (non-hydrogen) atoms. The van der Waals surface area contributed by atoms with E-state index >= 15 is 0 Å². The molecule has 3 rings (SSSR count). The highest BCUT2D eigenvalue weighted by Crippen LogP contribution is 2.46. The van der Waals surface area contributed by atoms with Gasteiger partial charge in [0.05, 0.1) is 0 Å². The molecule has 0 saturated carbocycles. The van der Waals surface area contributed by atoms with Crippen LogP contribution in [0.2, 0.25) is 0 Å². The largest absolute Gasteiger partial charge is 0.399 e. The van der Waals surface area contributed by atoms with Crippen LogP contribution in [0.15, 0.2) is 18.2 Å². The van der Waals surface area contributed by atoms with Gasteiger partial charge >= 0.3 is 0 Å². The minimum atomic E-state index is 0.402. The summed E-state index contributed by atoms with van der Waals surface area (Å²) in [4.78, 5) is 0. The van der Waals surface area contributed by atoms with E-state index < -0.39 is 0 Å². The average molecular weight is 217 g/mol. The number of hydrogen-bond acceptors (Lipinski definition) is 3. The third-order valence-electron chi connectivity index (χ3n) is 4.33. The molecule has 0 unspecified atom stereocenters. The summed E-state index contributed by atoms with van der Waals surface area (Å²) in [5, 5.41) is 1.94. The molecule has 3 heteroatoms. The molecule has 1 aliphatic heterocycles. The molecule has 1 aromatic carbocycles. The first-order valence-electron chi connectivity index (χ1n) is 6.08. The first-order valence-corrected chi connectivity index (χ1v) is 6.08. The van der Waals surface area contributed by atoms with Gasteiger partial charge in [0.15, 0.2) is 0 Å². The van der Waals surface area contributed by atoms with Crippen molar-refractivity contribution in [3.05, 3.63) is 29.3 Å². The average Bonchev–Trinajstić information content (AvgIpc) is 2.62. The van der Waals surface area contributed by atoms with Crippen LogP contribution >= 0.6 is 0 Å². The predicted molar refractivity (Wildman–Crippen MR) is 65.8 cm³/mol. The van der Waals surface area contributed by atoms with Crippen LogP contribution in [0.4, 0.5) is 5.69 Å². The maximum Gasteiger partial charge on any atom is 0.0316 e. The molecular weight excluding hydrogens is 198 g/mol. The number of hydrazine groups is 1. The second-order valence-electron chi connectivity index (χ2n) is 5.23. The Morgan fingerprint density at radius 3 is 2.62 bits per heavy atom. The molecule has 1 saturated heterocycles. The van der Waals surface area contributed by atoms with Crippen LogP contribution in [0.25, 0.3) is 0 Å². The molecule has 2 aliphatic rings. The van der Waals surface area contributed by atoms with Crippen LogP contribution in [0, 0.1) is 0 Å². The second kappa shape index (κ2) is 3.47. The summed E-state index contributed by atoms with van der Waals surface area (Å²) in [5.74, 6) is 5.84. The Kier molecular flexibility index (Phi) is 2.19. The molecule has 4 N–H and O–H groups in total. The smallest absolute Gasteiger partial charge is 0.0316 e. The maximum atomic E-state index is 5.84. The zero-order chi connectivity index (χ0) is 11.2. The van der Waals surface area contributed by atoms with Gasteiger partial charge in [0.25, 0.3) is 0 Å². The van der Waals surface area contributed by atoms with Crippen LogP contribution in [0.1, 0.15) is 30.4 Å². The van der Waals surface area contributed by atoms with Gasteiger partial charge in [-0.25, -0.2) is 5.01 Å². The van der Waals surface area contributed by atoms with E-state index in [9.17, 15) is 0 Å². The summed E-state index contributed by atoms with van der Waals surface area (Å²) < 4.78 is 0. The molecule has 3 nitrogen and oxygen atoms in total. The lowest BCUT2D eigenvalue weighted by Gasteiger charge is -2.38. The molecule has 1 fully saturated rings. The summed E-state index contributed by atoms with van der Waals surface area (Å²) in [7, 11) is 0. The summed E-state index contributed by atoms with van der Waals surface area (Å²) in [5.41, 5.74) is 10.1. The molecule has 0 bridgehead atoms. The van der Waals surface area contributed by atoms with Gasteiger partial charge in [-0.05, 0) is 54.4 Å². The Bertz CT molecular complexity index is 406. The van der Waals surface area contributed by atoms with Crippen molar-refractivity contribution in [1.82, 2.24) is 5.01 Å². The number of nitrogens with zero attached hydrogens (tertiary/aromatic N) is 1. The number of nitrogen functional groups attached to an aromatic ring is 1. The van der Waals surface area contributed by atoms with Crippen LogP contribution in [0.5, 0.6) is 0 Å². The lowest BCUT2D eigenvalue weighted by atomic mass is 9.74. The van der Waals surface area contributed by atoms with E-state index in [2.05, 4.69) is 12.1 Å². The zero-order valence-electron chi connectivity index (χ0n) is 9.58. The van der Waals surface area contributed by atoms with Crippen LogP contribution < -0.4 is 11.6 Å². The predicted octanol–water partition coefficient (Wildman–Crippen LogP) is 1.42. The first-order chi connectivity index (χ1) is 7.70. The Hall–Kier alpha value is -1.06. The van der Waals surface area contributed by atoms with Gasteiger partial charge in [-0.1, -0.05) is 6.07 Å². The number of nitrogens with two attached hydrogens (primary N) is 2. The Morgan fingerprint density at radius 1 is 1.12 bits per heavy atom. The second-order valence-corrected chi connectivity index (χ2v) is 5.23. The molecule has 1 aliphatic carbocycles. The molecule has 0 aromatic heterocycles. The lowest BCUT2D eigenvalue weighted by molar-refractivity contribution is 0.161. The standard InChI is InChI=1S/C13H19N3/c14-11-1-2-12-10(9-11)3-4-13(12)5-7-16(15)8-6-13/h1-2,9H,3-8,14-15H2. The molecule has 1 aromatic rings. The highest BCUT2D eigenvalue weighted by molar-refractivity contribution is 5.50. The highest BCUT2D eigenvalue weighted by Gasteiger charge is 2.40. The number of anilines is 1. The van der Waals surface area contributed by atoms with E-state index in [1.165, 1.54) is 36.8 Å². The molecule has 0 amide bonds. The SMILES string of the molecule is Nc1ccc2c(c1)CCC21CCN(N)CC1. The lowest BCUT2D eigenvalue weighted by Crippen LogP contribution is -2.44. The number of hydrogen-bond donors (Lipinski definition) is 2. The summed E-state index contributed by atoms with van der Waals surface area (Å²) in [6.45, 7) is 2.04. The van der Waals surface area contributed by atoms with Crippen molar-refractivity contribution in [2.75, 3.05) is 18.8 Å². The van der Waals surface area contributed by atoms with E-state index in [1.807, 2.05) is 11.1 Å². The molecule has 1 spiro atoms. The number of aryl methyl sites for hydroxylation is 1. The molecule has 0 radical (unpaired) electrons. The van der Waals surface area contributed by atoms with Gasteiger partial charge in [-0.3, -0.25) is 5.84 Å². The minimum Gasteiger partial charge on any atom is -0.399 e. The number of rotatable bonds is 0. The zero-order valence-corrected chi connectivity index (χ0v) is 9.58. The number of fused-ring (bicyclic) bond motifs is 2. The number of benzene rings is 1. The molecule has 0 atom stereocenters. The van der Waals surface area contributed by atoms with Crippen molar-refractivity contribution in [3.63, 3.8) is 0 Å². The van der Waals surface area contributed by atoms with E-state index in [-0.39, 0.29) is 0 Å².